The van der Waals surface area contributed by atoms with Crippen LogP contribution in [0.5, 0.6) is 5.75 Å². The van der Waals surface area contributed by atoms with Gasteiger partial charge in [0.05, 0.1) is 0 Å². The van der Waals surface area contributed by atoms with Crippen molar-refractivity contribution in [2.75, 3.05) is 0 Å². The van der Waals surface area contributed by atoms with Crippen molar-refractivity contribution in [1.29, 1.82) is 0 Å². The van der Waals surface area contributed by atoms with Crippen molar-refractivity contribution in [3.63, 3.8) is 0 Å². The molecule has 0 atom stereocenters. The van der Waals surface area contributed by atoms with Crippen LogP contribution in [0.3, 0.4) is 0 Å². The van der Waals surface area contributed by atoms with Crippen molar-refractivity contribution in [2.45, 2.75) is 0 Å². The first-order valence-electron chi connectivity index (χ1n) is 3.41. The number of nitrogens with one attached hydrogen (secondary N) is 1. The van der Waals surface area contributed by atoms with E-state index in [-0.39, 0.29) is 0 Å². The Morgan fingerprint density at radius 1 is 1.46 bits per heavy atom. The smallest absolute Gasteiger partial charge is 0.410 e. The first-order valence-corrected chi connectivity index (χ1v) is 4.20. The molecule has 0 aromatic heterocycles. The molecular weight excluding hydrogens is 234 g/mol. The highest BCUT2D eigenvalue weighted by atomic mass is 79.9. The molecule has 13 heavy (non-hydrogen) atoms. The minimum atomic E-state index is -0.662. The van der Waals surface area contributed by atoms with Crippen molar-refractivity contribution >= 4 is 22.0 Å². The fourth-order valence-corrected chi connectivity index (χ4v) is 0.958. The number of terminal acetylenes is 1. The highest BCUT2D eigenvalue weighted by Gasteiger charge is 2.00. The molecule has 4 heteroatoms. The fraction of sp³-hybridized carbons (Fsp3) is 0. The van der Waals surface area contributed by atoms with Crippen LogP contribution in [0.15, 0.2) is 28.7 Å². The Balaban J connectivity index is 2.60. The average molecular weight is 240 g/mol. The number of ether oxygens (including phenoxy) is 1. The van der Waals surface area contributed by atoms with Crippen molar-refractivity contribution in [3.05, 3.63) is 28.7 Å². The normalized spacial score (nSPS) is 8.62. The molecule has 1 N–H and O–H groups in total. The first-order chi connectivity index (χ1) is 6.22. The molecule has 0 aliphatic heterocycles. The van der Waals surface area contributed by atoms with Crippen LogP contribution in [0, 0.1) is 12.5 Å². The third kappa shape index (κ3) is 3.18. The van der Waals surface area contributed by atoms with E-state index in [4.69, 9.17) is 11.2 Å². The van der Waals surface area contributed by atoms with Crippen molar-refractivity contribution in [1.82, 2.24) is 5.32 Å². The second kappa shape index (κ2) is 4.53. The zero-order chi connectivity index (χ0) is 9.68. The summed E-state index contributed by atoms with van der Waals surface area (Å²) in [7, 11) is 0. The summed E-state index contributed by atoms with van der Waals surface area (Å²) in [5, 5.41) is 2.06. The van der Waals surface area contributed by atoms with Gasteiger partial charge in [0.1, 0.15) is 5.75 Å². The summed E-state index contributed by atoms with van der Waals surface area (Å²) >= 11 is 3.25. The van der Waals surface area contributed by atoms with Crippen molar-refractivity contribution < 1.29 is 9.53 Å². The summed E-state index contributed by atoms with van der Waals surface area (Å²) in [5.41, 5.74) is 0. The molecule has 3 nitrogen and oxygen atoms in total. The molecule has 1 aromatic rings. The number of carbonyl (C=O) groups excluding carboxylic acids is 1. The second-order valence-corrected chi connectivity index (χ2v) is 3.03. The van der Waals surface area contributed by atoms with Gasteiger partial charge in [-0.15, -0.1) is 0 Å². The topological polar surface area (TPSA) is 38.3 Å². The Labute approximate surface area is 84.2 Å². The number of amides is 1. The number of hydrogen-bond donors (Lipinski definition) is 1. The van der Waals surface area contributed by atoms with Gasteiger partial charge in [0.25, 0.3) is 0 Å². The van der Waals surface area contributed by atoms with Gasteiger partial charge in [-0.25, -0.2) is 10.1 Å². The monoisotopic (exact) mass is 239 g/mol. The van der Waals surface area contributed by atoms with E-state index in [1.54, 1.807) is 24.3 Å². The lowest BCUT2D eigenvalue weighted by Gasteiger charge is -2.01. The summed E-state index contributed by atoms with van der Waals surface area (Å²) in [6.07, 6.45) is 4.18. The molecule has 1 rings (SSSR count). The molecular formula is C9H6BrNO2. The predicted octanol–water partition coefficient (Wildman–Crippen LogP) is 2.13. The number of carbonyl (C=O) groups is 1. The summed E-state index contributed by atoms with van der Waals surface area (Å²) in [6, 6.07) is 8.80. The van der Waals surface area contributed by atoms with Crippen LogP contribution in [-0.4, -0.2) is 6.09 Å². The molecule has 0 fully saturated rings. The van der Waals surface area contributed by atoms with Gasteiger partial charge < -0.3 is 4.74 Å². The van der Waals surface area contributed by atoms with Crippen LogP contribution in [0.25, 0.3) is 0 Å². The molecule has 66 valence electrons. The Morgan fingerprint density at radius 3 is 2.62 bits per heavy atom. The third-order valence-corrected chi connectivity index (χ3v) is 1.73. The van der Waals surface area contributed by atoms with Gasteiger partial charge >= 0.3 is 6.09 Å². The number of hydrogen-bond acceptors (Lipinski definition) is 2. The quantitative estimate of drug-likeness (QED) is 0.603. The number of halogens is 1. The van der Waals surface area contributed by atoms with Crippen LogP contribution in [-0.2, 0) is 0 Å². The van der Waals surface area contributed by atoms with Gasteiger partial charge in [-0.3, -0.25) is 0 Å². The van der Waals surface area contributed by atoms with Crippen LogP contribution < -0.4 is 10.1 Å². The lowest BCUT2D eigenvalue weighted by molar-refractivity contribution is 0.205. The molecule has 1 aromatic carbocycles. The highest BCUT2D eigenvalue weighted by molar-refractivity contribution is 9.10. The molecule has 1 amide bonds. The van der Waals surface area contributed by atoms with Gasteiger partial charge in [0, 0.05) is 10.5 Å². The van der Waals surface area contributed by atoms with Gasteiger partial charge in [-0.1, -0.05) is 22.4 Å². The molecule has 0 aliphatic carbocycles. The van der Waals surface area contributed by atoms with Gasteiger partial charge in [-0.05, 0) is 24.3 Å². The van der Waals surface area contributed by atoms with Gasteiger partial charge in [0.15, 0.2) is 0 Å². The molecule has 0 unspecified atom stereocenters. The molecule has 0 bridgehead atoms. The summed E-state index contributed by atoms with van der Waals surface area (Å²) in [6.45, 7) is 0. The van der Waals surface area contributed by atoms with Crippen LogP contribution in [0.1, 0.15) is 0 Å². The average Bonchev–Trinajstić information content (AvgIpc) is 2.09. The SMILES string of the molecule is C#CNC(=O)Oc1ccc(Br)cc1. The maximum atomic E-state index is 10.8. The Morgan fingerprint density at radius 2 is 2.08 bits per heavy atom. The molecule has 0 saturated heterocycles. The molecule has 0 aliphatic rings. The molecule has 0 radical (unpaired) electrons. The van der Waals surface area contributed by atoms with Crippen molar-refractivity contribution in [2.24, 2.45) is 0 Å². The van der Waals surface area contributed by atoms with Crippen molar-refractivity contribution in [3.8, 4) is 18.2 Å². The summed E-state index contributed by atoms with van der Waals surface area (Å²) < 4.78 is 5.71. The highest BCUT2D eigenvalue weighted by Crippen LogP contribution is 2.15. The standard InChI is InChI=1S/C9H6BrNO2/c1-2-11-9(12)13-8-5-3-7(10)4-6-8/h1,3-6H,(H,11,12). The van der Waals surface area contributed by atoms with E-state index < -0.39 is 6.09 Å². The van der Waals surface area contributed by atoms with Crippen LogP contribution in [0.4, 0.5) is 4.79 Å². The van der Waals surface area contributed by atoms with E-state index in [0.717, 1.165) is 4.47 Å². The Hall–Kier alpha value is -1.47. The van der Waals surface area contributed by atoms with Crippen LogP contribution in [0.2, 0.25) is 0 Å². The molecule has 0 spiro atoms. The van der Waals surface area contributed by atoms with E-state index in [1.165, 1.54) is 0 Å². The lowest BCUT2D eigenvalue weighted by Crippen LogP contribution is -2.21. The summed E-state index contributed by atoms with van der Waals surface area (Å²) in [4.78, 5) is 10.8. The van der Waals surface area contributed by atoms with E-state index in [9.17, 15) is 4.79 Å². The molecule has 0 heterocycles. The number of benzene rings is 1. The largest absolute Gasteiger partial charge is 0.424 e. The third-order valence-electron chi connectivity index (χ3n) is 1.20. The van der Waals surface area contributed by atoms with E-state index in [2.05, 4.69) is 21.2 Å². The van der Waals surface area contributed by atoms with E-state index in [0.29, 0.717) is 5.75 Å². The predicted molar refractivity (Wildman–Crippen MR) is 52.1 cm³/mol. The first kappa shape index (κ1) is 9.62. The van der Waals surface area contributed by atoms with E-state index in [1.807, 2.05) is 6.04 Å². The Bertz CT molecular complexity index is 340. The van der Waals surface area contributed by atoms with E-state index >= 15 is 0 Å². The zero-order valence-corrected chi connectivity index (χ0v) is 8.17. The lowest BCUT2D eigenvalue weighted by atomic mass is 10.3. The minimum Gasteiger partial charge on any atom is -0.410 e. The zero-order valence-electron chi connectivity index (χ0n) is 6.58. The maximum Gasteiger partial charge on any atom is 0.424 e. The molecule has 0 saturated carbocycles. The second-order valence-electron chi connectivity index (χ2n) is 2.11. The maximum absolute atomic E-state index is 10.8. The fourth-order valence-electron chi connectivity index (χ4n) is 0.694. The summed E-state index contributed by atoms with van der Waals surface area (Å²) in [5.74, 6) is 0.441. The van der Waals surface area contributed by atoms with Gasteiger partial charge in [0.2, 0.25) is 0 Å². The Kier molecular flexibility index (Phi) is 3.35. The van der Waals surface area contributed by atoms with Crippen LogP contribution >= 0.6 is 15.9 Å². The number of rotatable bonds is 1. The minimum absolute atomic E-state index is 0.441. The van der Waals surface area contributed by atoms with Gasteiger partial charge in [-0.2, -0.15) is 0 Å².